The topological polar surface area (TPSA) is 93.7 Å². The first-order chi connectivity index (χ1) is 12.3. The molecule has 3 aromatic rings. The first-order valence-corrected chi connectivity index (χ1v) is 8.58. The number of aromatic carboxylic acids is 1. The van der Waals surface area contributed by atoms with Gasteiger partial charge in [0.05, 0.1) is 24.8 Å². The molecule has 1 fully saturated rings. The summed E-state index contributed by atoms with van der Waals surface area (Å²) >= 11 is 0. The molecule has 0 saturated carbocycles. The molecule has 0 radical (unpaired) electrons. The molecular formula is C19H21N3O4. The number of carboxylic acids is 1. The highest BCUT2D eigenvalue weighted by atomic mass is 16.6. The summed E-state index contributed by atoms with van der Waals surface area (Å²) in [7, 11) is 0. The monoisotopic (exact) mass is 355 g/mol. The van der Waals surface area contributed by atoms with Crippen LogP contribution in [-0.2, 0) is 16.7 Å². The summed E-state index contributed by atoms with van der Waals surface area (Å²) in [4.78, 5) is 16.5. The molecule has 1 saturated heterocycles. The van der Waals surface area contributed by atoms with E-state index in [4.69, 9.17) is 9.26 Å². The number of hydrogen-bond donors (Lipinski definition) is 1. The molecule has 1 aliphatic rings. The van der Waals surface area contributed by atoms with E-state index in [0.717, 1.165) is 16.5 Å². The van der Waals surface area contributed by atoms with Crippen molar-refractivity contribution in [2.75, 3.05) is 6.61 Å². The first kappa shape index (κ1) is 16.8. The van der Waals surface area contributed by atoms with Crippen LogP contribution in [0.5, 0.6) is 0 Å². The largest absolute Gasteiger partial charge is 0.477 e. The lowest BCUT2D eigenvalue weighted by Crippen LogP contribution is -2.13. The van der Waals surface area contributed by atoms with Crippen LogP contribution in [0.3, 0.4) is 0 Å². The molecule has 0 aliphatic carbocycles. The van der Waals surface area contributed by atoms with Gasteiger partial charge in [-0.05, 0) is 24.0 Å². The van der Waals surface area contributed by atoms with Crippen molar-refractivity contribution in [1.82, 2.24) is 14.7 Å². The Bertz CT molecular complexity index is 1010. The van der Waals surface area contributed by atoms with E-state index in [1.165, 1.54) is 0 Å². The van der Waals surface area contributed by atoms with Crippen LogP contribution in [0.25, 0.3) is 22.4 Å². The van der Waals surface area contributed by atoms with Gasteiger partial charge in [0.25, 0.3) is 5.89 Å². The van der Waals surface area contributed by atoms with Crippen LogP contribution in [0.4, 0.5) is 0 Å². The van der Waals surface area contributed by atoms with Gasteiger partial charge in [-0.3, -0.25) is 0 Å². The van der Waals surface area contributed by atoms with Crippen LogP contribution in [-0.4, -0.2) is 38.5 Å². The zero-order valence-electron chi connectivity index (χ0n) is 15.2. The summed E-state index contributed by atoms with van der Waals surface area (Å²) in [6, 6.07) is 5.92. The highest BCUT2D eigenvalue weighted by Gasteiger charge is 2.33. The Balaban J connectivity index is 2.13. The van der Waals surface area contributed by atoms with Gasteiger partial charge in [0.15, 0.2) is 5.82 Å². The van der Waals surface area contributed by atoms with E-state index in [1.54, 1.807) is 11.5 Å². The van der Waals surface area contributed by atoms with Crippen LogP contribution in [0.2, 0.25) is 0 Å². The minimum Gasteiger partial charge on any atom is -0.477 e. The zero-order chi connectivity index (χ0) is 18.6. The maximum atomic E-state index is 12.2. The normalized spacial score (nSPS) is 17.0. The van der Waals surface area contributed by atoms with Crippen molar-refractivity contribution < 1.29 is 19.2 Å². The molecule has 7 heteroatoms. The molecule has 1 aromatic carbocycles. The quantitative estimate of drug-likeness (QED) is 0.721. The molecule has 1 unspecified atom stereocenters. The van der Waals surface area contributed by atoms with Crippen LogP contribution >= 0.6 is 0 Å². The highest BCUT2D eigenvalue weighted by Crippen LogP contribution is 2.41. The standard InChI is InChI=1S/C19H21N3O4/c1-10-20-17(26-21-10)15-14-12(19(2,3)4)6-5-7-13(14)22(8-11-9-25-11)16(15)18(23)24/h5-7,11H,8-9H2,1-4H3,(H,23,24). The van der Waals surface area contributed by atoms with Crippen LogP contribution in [0, 0.1) is 6.92 Å². The van der Waals surface area contributed by atoms with Gasteiger partial charge in [-0.25, -0.2) is 4.79 Å². The van der Waals surface area contributed by atoms with Crippen molar-refractivity contribution >= 4 is 16.9 Å². The molecule has 136 valence electrons. The fourth-order valence-electron chi connectivity index (χ4n) is 3.42. The van der Waals surface area contributed by atoms with Crippen molar-refractivity contribution in [2.45, 2.75) is 45.8 Å². The number of ether oxygens (including phenoxy) is 1. The molecule has 0 spiro atoms. The van der Waals surface area contributed by atoms with Gasteiger partial charge in [0.1, 0.15) is 5.69 Å². The van der Waals surface area contributed by atoms with Gasteiger partial charge in [-0.2, -0.15) is 4.98 Å². The predicted octanol–water partition coefficient (Wildman–Crippen LogP) is 3.39. The average molecular weight is 355 g/mol. The van der Waals surface area contributed by atoms with E-state index in [2.05, 4.69) is 30.9 Å². The lowest BCUT2D eigenvalue weighted by molar-refractivity contribution is 0.0685. The summed E-state index contributed by atoms with van der Waals surface area (Å²) in [6.07, 6.45) is 0.0410. The van der Waals surface area contributed by atoms with E-state index in [9.17, 15) is 9.90 Å². The third-order valence-corrected chi connectivity index (χ3v) is 4.63. The number of epoxide rings is 1. The summed E-state index contributed by atoms with van der Waals surface area (Å²) in [6.45, 7) is 9.16. The highest BCUT2D eigenvalue weighted by molar-refractivity contribution is 6.08. The van der Waals surface area contributed by atoms with Crippen LogP contribution in [0.15, 0.2) is 22.7 Å². The van der Waals surface area contributed by atoms with Gasteiger partial charge >= 0.3 is 5.97 Å². The SMILES string of the molecule is Cc1noc(-c2c(C(=O)O)n(CC3CO3)c3cccc(C(C)(C)C)c23)n1. The molecule has 4 rings (SSSR count). The Morgan fingerprint density at radius 1 is 1.38 bits per heavy atom. The van der Waals surface area contributed by atoms with Gasteiger partial charge in [-0.15, -0.1) is 0 Å². The number of nitrogens with zero attached hydrogens (tertiary/aromatic N) is 3. The van der Waals surface area contributed by atoms with Gasteiger partial charge < -0.3 is 18.9 Å². The molecule has 1 aliphatic heterocycles. The molecule has 26 heavy (non-hydrogen) atoms. The molecule has 0 bridgehead atoms. The fraction of sp³-hybridized carbons (Fsp3) is 0.421. The Hall–Kier alpha value is -2.67. The molecule has 0 amide bonds. The lowest BCUT2D eigenvalue weighted by Gasteiger charge is -2.20. The molecule has 7 nitrogen and oxygen atoms in total. The number of hydrogen-bond acceptors (Lipinski definition) is 5. The van der Waals surface area contributed by atoms with E-state index in [-0.39, 0.29) is 23.1 Å². The third kappa shape index (κ3) is 2.68. The second kappa shape index (κ2) is 5.67. The predicted molar refractivity (Wildman–Crippen MR) is 95.4 cm³/mol. The van der Waals surface area contributed by atoms with Crippen molar-refractivity contribution in [3.05, 3.63) is 35.3 Å². The number of aryl methyl sites for hydroxylation is 1. The van der Waals surface area contributed by atoms with Gasteiger partial charge in [0.2, 0.25) is 0 Å². The van der Waals surface area contributed by atoms with E-state index in [0.29, 0.717) is 24.5 Å². The minimum atomic E-state index is -1.02. The smallest absolute Gasteiger partial charge is 0.353 e. The summed E-state index contributed by atoms with van der Waals surface area (Å²) in [5.74, 6) is -0.319. The minimum absolute atomic E-state index is 0.0410. The Labute approximate surface area is 150 Å². The van der Waals surface area contributed by atoms with Gasteiger partial charge in [0, 0.05) is 10.9 Å². The number of aromatic nitrogens is 3. The Morgan fingerprint density at radius 3 is 2.65 bits per heavy atom. The molecule has 1 atom stereocenters. The molecule has 1 N–H and O–H groups in total. The van der Waals surface area contributed by atoms with Gasteiger partial charge in [-0.1, -0.05) is 38.1 Å². The Kier molecular flexibility index (Phi) is 3.66. The van der Waals surface area contributed by atoms with Crippen LogP contribution < -0.4 is 0 Å². The molecule has 2 aromatic heterocycles. The fourth-order valence-corrected chi connectivity index (χ4v) is 3.42. The zero-order valence-corrected chi connectivity index (χ0v) is 15.2. The number of fused-ring (bicyclic) bond motifs is 1. The molecule has 3 heterocycles. The van der Waals surface area contributed by atoms with E-state index < -0.39 is 5.97 Å². The second-order valence-corrected chi connectivity index (χ2v) is 7.69. The van der Waals surface area contributed by atoms with Crippen molar-refractivity contribution in [3.8, 4) is 11.5 Å². The van der Waals surface area contributed by atoms with Crippen molar-refractivity contribution in [2.24, 2.45) is 0 Å². The van der Waals surface area contributed by atoms with E-state index >= 15 is 0 Å². The summed E-state index contributed by atoms with van der Waals surface area (Å²) < 4.78 is 12.5. The maximum Gasteiger partial charge on any atom is 0.353 e. The van der Waals surface area contributed by atoms with E-state index in [1.807, 2.05) is 18.2 Å². The van der Waals surface area contributed by atoms with Crippen molar-refractivity contribution in [3.63, 3.8) is 0 Å². The number of benzene rings is 1. The lowest BCUT2D eigenvalue weighted by atomic mass is 9.83. The summed E-state index contributed by atoms with van der Waals surface area (Å²) in [5.41, 5.74) is 2.35. The average Bonchev–Trinajstić information content (AvgIpc) is 3.17. The number of carboxylic acid groups (broad SMARTS) is 1. The number of rotatable bonds is 4. The number of carbonyl (C=O) groups is 1. The second-order valence-electron chi connectivity index (χ2n) is 7.69. The first-order valence-electron chi connectivity index (χ1n) is 8.58. The Morgan fingerprint density at radius 2 is 2.12 bits per heavy atom. The van der Waals surface area contributed by atoms with Crippen LogP contribution in [0.1, 0.15) is 42.6 Å². The summed E-state index contributed by atoms with van der Waals surface area (Å²) in [5, 5.41) is 14.7. The van der Waals surface area contributed by atoms with Crippen molar-refractivity contribution in [1.29, 1.82) is 0 Å². The molecular weight excluding hydrogens is 334 g/mol. The third-order valence-electron chi connectivity index (χ3n) is 4.63. The maximum absolute atomic E-state index is 12.2.